The van der Waals surface area contributed by atoms with Crippen LogP contribution in [-0.4, -0.2) is 17.1 Å². The molecular formula is C14H16N2O3. The van der Waals surface area contributed by atoms with E-state index in [-0.39, 0.29) is 11.6 Å². The van der Waals surface area contributed by atoms with Crippen molar-refractivity contribution in [1.29, 1.82) is 0 Å². The third-order valence-electron chi connectivity index (χ3n) is 3.04. The second kappa shape index (κ2) is 6.04. The maximum Gasteiger partial charge on any atom is 0.335 e. The van der Waals surface area contributed by atoms with E-state index >= 15 is 0 Å². The van der Waals surface area contributed by atoms with Crippen LogP contribution in [0.4, 0.5) is 10.5 Å². The highest BCUT2D eigenvalue weighted by Gasteiger charge is 2.07. The summed E-state index contributed by atoms with van der Waals surface area (Å²) >= 11 is 0. The molecule has 5 heteroatoms. The molecule has 1 saturated carbocycles. The van der Waals surface area contributed by atoms with Gasteiger partial charge in [-0.05, 0) is 49.9 Å². The number of carbonyl (C=O) groups excluding carboxylic acids is 1. The number of rotatable bonds is 3. The minimum Gasteiger partial charge on any atom is -0.478 e. The summed E-state index contributed by atoms with van der Waals surface area (Å²) in [4.78, 5) is 22.3. The van der Waals surface area contributed by atoms with Crippen molar-refractivity contribution in [1.82, 2.24) is 5.32 Å². The van der Waals surface area contributed by atoms with Crippen molar-refractivity contribution in [3.05, 3.63) is 41.6 Å². The Morgan fingerprint density at radius 1 is 1.11 bits per heavy atom. The van der Waals surface area contributed by atoms with Crippen LogP contribution in [0.5, 0.6) is 0 Å². The van der Waals surface area contributed by atoms with E-state index in [1.165, 1.54) is 30.5 Å². The van der Waals surface area contributed by atoms with Crippen LogP contribution in [-0.2, 0) is 0 Å². The SMILES string of the molecule is O=C(NC=C1CCCC1)Nc1ccc(C(=O)O)cc1. The molecule has 0 bridgehead atoms. The molecule has 3 N–H and O–H groups in total. The normalized spacial score (nSPS) is 14.0. The van der Waals surface area contributed by atoms with Crippen LogP contribution in [0.15, 0.2) is 36.0 Å². The highest BCUT2D eigenvalue weighted by atomic mass is 16.4. The average molecular weight is 260 g/mol. The number of urea groups is 1. The first kappa shape index (κ1) is 13.1. The summed E-state index contributed by atoms with van der Waals surface area (Å²) in [5.74, 6) is -0.984. The van der Waals surface area contributed by atoms with Gasteiger partial charge in [-0.15, -0.1) is 0 Å². The van der Waals surface area contributed by atoms with Crippen LogP contribution in [0.2, 0.25) is 0 Å². The first-order chi connectivity index (χ1) is 9.15. The number of hydrogen-bond donors (Lipinski definition) is 3. The Balaban J connectivity index is 1.87. The average Bonchev–Trinajstić information content (AvgIpc) is 2.90. The van der Waals surface area contributed by atoms with Gasteiger partial charge in [0.25, 0.3) is 0 Å². The molecule has 0 saturated heterocycles. The van der Waals surface area contributed by atoms with Gasteiger partial charge < -0.3 is 15.7 Å². The number of nitrogens with one attached hydrogen (secondary N) is 2. The van der Waals surface area contributed by atoms with Crippen LogP contribution in [0, 0.1) is 0 Å². The van der Waals surface area contributed by atoms with Crippen molar-refractivity contribution in [3.8, 4) is 0 Å². The Hall–Kier alpha value is -2.30. The van der Waals surface area contributed by atoms with Crippen LogP contribution < -0.4 is 10.6 Å². The van der Waals surface area contributed by atoms with Gasteiger partial charge in [0, 0.05) is 11.9 Å². The van der Waals surface area contributed by atoms with Gasteiger partial charge in [-0.1, -0.05) is 5.57 Å². The molecule has 5 nitrogen and oxygen atoms in total. The zero-order chi connectivity index (χ0) is 13.7. The minimum absolute atomic E-state index is 0.194. The quantitative estimate of drug-likeness (QED) is 0.781. The second-order valence-corrected chi connectivity index (χ2v) is 4.49. The summed E-state index contributed by atoms with van der Waals surface area (Å²) < 4.78 is 0. The number of amides is 2. The largest absolute Gasteiger partial charge is 0.478 e. The predicted octanol–water partition coefficient (Wildman–Crippen LogP) is 2.96. The minimum atomic E-state index is -0.984. The highest BCUT2D eigenvalue weighted by molar-refractivity contribution is 5.91. The number of benzene rings is 1. The molecule has 1 fully saturated rings. The van der Waals surface area contributed by atoms with Crippen molar-refractivity contribution in [2.75, 3.05) is 5.32 Å². The molecule has 1 aliphatic rings. The van der Waals surface area contributed by atoms with Gasteiger partial charge in [0.1, 0.15) is 0 Å². The van der Waals surface area contributed by atoms with Gasteiger partial charge in [-0.3, -0.25) is 0 Å². The first-order valence-corrected chi connectivity index (χ1v) is 6.24. The van der Waals surface area contributed by atoms with Gasteiger partial charge in [-0.25, -0.2) is 9.59 Å². The molecule has 19 heavy (non-hydrogen) atoms. The lowest BCUT2D eigenvalue weighted by Gasteiger charge is -2.05. The Morgan fingerprint density at radius 3 is 2.32 bits per heavy atom. The maximum absolute atomic E-state index is 11.6. The zero-order valence-corrected chi connectivity index (χ0v) is 10.5. The lowest BCUT2D eigenvalue weighted by Crippen LogP contribution is -2.24. The number of carboxylic acids is 1. The van der Waals surface area contributed by atoms with Gasteiger partial charge >= 0.3 is 12.0 Å². The summed E-state index contributed by atoms with van der Waals surface area (Å²) in [7, 11) is 0. The number of anilines is 1. The standard InChI is InChI=1S/C14H16N2O3/c17-13(18)11-5-7-12(8-6-11)16-14(19)15-9-10-3-1-2-4-10/h5-9H,1-4H2,(H,17,18)(H2,15,16,19). The number of aromatic carboxylic acids is 1. The number of allylic oxidation sites excluding steroid dienone is 1. The zero-order valence-electron chi connectivity index (χ0n) is 10.5. The van der Waals surface area contributed by atoms with Crippen LogP contribution >= 0.6 is 0 Å². The summed E-state index contributed by atoms with van der Waals surface area (Å²) in [6.07, 6.45) is 6.23. The van der Waals surface area contributed by atoms with Crippen LogP contribution in [0.1, 0.15) is 36.0 Å². The fourth-order valence-corrected chi connectivity index (χ4v) is 2.00. The third kappa shape index (κ3) is 3.84. The monoisotopic (exact) mass is 260 g/mol. The number of carboxylic acid groups (broad SMARTS) is 1. The summed E-state index contributed by atoms with van der Waals surface area (Å²) in [5.41, 5.74) is 2.02. The molecule has 0 spiro atoms. The molecule has 2 rings (SSSR count). The highest BCUT2D eigenvalue weighted by Crippen LogP contribution is 2.22. The van der Waals surface area contributed by atoms with Crippen LogP contribution in [0.25, 0.3) is 0 Å². The van der Waals surface area contributed by atoms with E-state index in [0.717, 1.165) is 12.8 Å². The van der Waals surface area contributed by atoms with Gasteiger partial charge in [0.15, 0.2) is 0 Å². The molecule has 0 heterocycles. The van der Waals surface area contributed by atoms with Crippen molar-refractivity contribution in [2.45, 2.75) is 25.7 Å². The predicted molar refractivity (Wildman–Crippen MR) is 72.1 cm³/mol. The lowest BCUT2D eigenvalue weighted by molar-refractivity contribution is 0.0697. The second-order valence-electron chi connectivity index (χ2n) is 4.49. The number of hydrogen-bond acceptors (Lipinski definition) is 2. The molecule has 1 aliphatic carbocycles. The third-order valence-corrected chi connectivity index (χ3v) is 3.04. The maximum atomic E-state index is 11.6. The van der Waals surface area contributed by atoms with Gasteiger partial charge in [-0.2, -0.15) is 0 Å². The fourth-order valence-electron chi connectivity index (χ4n) is 2.00. The topological polar surface area (TPSA) is 78.4 Å². The molecule has 0 aromatic heterocycles. The lowest BCUT2D eigenvalue weighted by atomic mass is 10.2. The van der Waals surface area contributed by atoms with Crippen molar-refractivity contribution in [2.24, 2.45) is 0 Å². The summed E-state index contributed by atoms with van der Waals surface area (Å²) in [6, 6.07) is 5.71. The van der Waals surface area contributed by atoms with E-state index in [9.17, 15) is 9.59 Å². The van der Waals surface area contributed by atoms with E-state index in [2.05, 4.69) is 10.6 Å². The van der Waals surface area contributed by atoms with Crippen molar-refractivity contribution < 1.29 is 14.7 Å². The molecule has 0 unspecified atom stereocenters. The molecule has 100 valence electrons. The fraction of sp³-hybridized carbons (Fsp3) is 0.286. The molecule has 1 aromatic carbocycles. The Morgan fingerprint density at radius 2 is 1.74 bits per heavy atom. The molecule has 0 aliphatic heterocycles. The molecule has 1 aromatic rings. The van der Waals surface area contributed by atoms with Crippen molar-refractivity contribution >= 4 is 17.7 Å². The van der Waals surface area contributed by atoms with E-state index < -0.39 is 5.97 Å². The van der Waals surface area contributed by atoms with E-state index in [0.29, 0.717) is 5.69 Å². The van der Waals surface area contributed by atoms with Gasteiger partial charge in [0.05, 0.1) is 5.56 Å². The molecule has 0 atom stereocenters. The van der Waals surface area contributed by atoms with Crippen molar-refractivity contribution in [3.63, 3.8) is 0 Å². The van der Waals surface area contributed by atoms with Crippen LogP contribution in [0.3, 0.4) is 0 Å². The first-order valence-electron chi connectivity index (χ1n) is 6.24. The Bertz CT molecular complexity index is 498. The smallest absolute Gasteiger partial charge is 0.335 e. The Kier molecular flexibility index (Phi) is 4.18. The van der Waals surface area contributed by atoms with E-state index in [1.807, 2.05) is 0 Å². The summed E-state index contributed by atoms with van der Waals surface area (Å²) in [5, 5.41) is 14.1. The van der Waals surface area contributed by atoms with E-state index in [4.69, 9.17) is 5.11 Å². The molecular weight excluding hydrogens is 244 g/mol. The molecule has 0 radical (unpaired) electrons. The molecule has 2 amide bonds. The Labute approximate surface area is 111 Å². The van der Waals surface area contributed by atoms with Gasteiger partial charge in [0.2, 0.25) is 0 Å². The number of carbonyl (C=O) groups is 2. The summed E-state index contributed by atoms with van der Waals surface area (Å²) in [6.45, 7) is 0. The van der Waals surface area contributed by atoms with E-state index in [1.54, 1.807) is 18.3 Å².